The number of hydrogen-bond acceptors (Lipinski definition) is 4. The predicted molar refractivity (Wildman–Crippen MR) is 129 cm³/mol. The van der Waals surface area contributed by atoms with Crippen LogP contribution in [0.5, 0.6) is 0 Å². The number of carbonyl (C=O) groups excluding carboxylic acids is 2. The van der Waals surface area contributed by atoms with Crippen LogP contribution in [0.2, 0.25) is 0 Å². The van der Waals surface area contributed by atoms with Crippen molar-refractivity contribution in [2.24, 2.45) is 0 Å². The van der Waals surface area contributed by atoms with Crippen LogP contribution in [0.3, 0.4) is 0 Å². The van der Waals surface area contributed by atoms with Gasteiger partial charge in [-0.15, -0.1) is 0 Å². The molecule has 0 saturated heterocycles. The number of amides is 1. The Morgan fingerprint density at radius 2 is 1.77 bits per heavy atom. The van der Waals surface area contributed by atoms with Crippen LogP contribution in [0.25, 0.3) is 0 Å². The Labute approximate surface area is 191 Å². The molecule has 1 aromatic carbocycles. The summed E-state index contributed by atoms with van der Waals surface area (Å²) >= 11 is 5.51. The van der Waals surface area contributed by atoms with E-state index in [1.54, 1.807) is 6.92 Å². The van der Waals surface area contributed by atoms with E-state index < -0.39 is 6.04 Å². The van der Waals surface area contributed by atoms with E-state index in [4.69, 9.17) is 17.0 Å². The second kappa shape index (κ2) is 12.4. The zero-order chi connectivity index (χ0) is 22.8. The summed E-state index contributed by atoms with van der Waals surface area (Å²) in [5.41, 5.74) is 2.99. The van der Waals surface area contributed by atoms with E-state index in [9.17, 15) is 9.59 Å². The topological polar surface area (TPSA) is 70.7 Å². The molecular formula is C24H35N3O3S. The molecule has 7 heteroatoms. The highest BCUT2D eigenvalue weighted by Crippen LogP contribution is 2.32. The fourth-order valence-corrected chi connectivity index (χ4v) is 4.14. The van der Waals surface area contributed by atoms with Gasteiger partial charge in [0.1, 0.15) is 0 Å². The molecule has 0 bridgehead atoms. The average molecular weight is 446 g/mol. The molecule has 0 saturated carbocycles. The van der Waals surface area contributed by atoms with Crippen LogP contribution in [-0.2, 0) is 14.3 Å². The van der Waals surface area contributed by atoms with Crippen LogP contribution in [0.15, 0.2) is 35.5 Å². The number of thiocarbonyl (C=S) groups is 1. The molecule has 0 radical (unpaired) electrons. The van der Waals surface area contributed by atoms with Gasteiger partial charge in [0.05, 0.1) is 18.2 Å². The van der Waals surface area contributed by atoms with Gasteiger partial charge in [-0.2, -0.15) is 0 Å². The summed E-state index contributed by atoms with van der Waals surface area (Å²) in [6, 6.07) is 7.15. The van der Waals surface area contributed by atoms with E-state index in [-0.39, 0.29) is 11.9 Å². The maximum atomic E-state index is 12.7. The number of nitrogens with zero attached hydrogens (tertiary/aromatic N) is 1. The Balaban J connectivity index is 2.11. The fourth-order valence-electron chi connectivity index (χ4n) is 3.76. The van der Waals surface area contributed by atoms with E-state index in [0.717, 1.165) is 29.8 Å². The molecule has 1 amide bonds. The summed E-state index contributed by atoms with van der Waals surface area (Å²) in [6.45, 7) is 8.83. The number of esters is 1. The summed E-state index contributed by atoms with van der Waals surface area (Å²) in [6.07, 6.45) is 6.13. The van der Waals surface area contributed by atoms with Gasteiger partial charge in [0.2, 0.25) is 5.91 Å². The first-order valence-electron chi connectivity index (χ1n) is 11.3. The summed E-state index contributed by atoms with van der Waals surface area (Å²) < 4.78 is 5.31. The number of hydrogen-bond donors (Lipinski definition) is 2. The minimum atomic E-state index is -0.391. The van der Waals surface area contributed by atoms with Gasteiger partial charge in [-0.3, -0.25) is 4.79 Å². The lowest BCUT2D eigenvalue weighted by atomic mass is 9.95. The molecule has 1 aromatic rings. The first kappa shape index (κ1) is 24.9. The standard InChI is InChI=1S/C24H35N3O3S/c1-5-8-9-10-11-12-20(28)25-19-15-13-18(14-16-19)22-21(23(29)30-7-3)17(4)27(6-2)24(31)26-22/h13-16,22H,5-12H2,1-4H3,(H,25,28)(H,26,31). The monoisotopic (exact) mass is 445 g/mol. The number of unbranched alkanes of at least 4 members (excludes halogenated alkanes) is 4. The Bertz CT molecular complexity index is 805. The van der Waals surface area contributed by atoms with Crippen molar-refractivity contribution in [1.29, 1.82) is 0 Å². The van der Waals surface area contributed by atoms with Crippen LogP contribution in [0, 0.1) is 0 Å². The third-order valence-corrected chi connectivity index (χ3v) is 5.78. The van der Waals surface area contributed by atoms with Crippen molar-refractivity contribution in [1.82, 2.24) is 10.2 Å². The van der Waals surface area contributed by atoms with Crippen molar-refractivity contribution < 1.29 is 14.3 Å². The second-order valence-electron chi connectivity index (χ2n) is 7.68. The number of benzene rings is 1. The average Bonchev–Trinajstić information content (AvgIpc) is 2.74. The molecule has 0 aromatic heterocycles. The molecule has 170 valence electrons. The minimum absolute atomic E-state index is 0.0303. The highest BCUT2D eigenvalue weighted by atomic mass is 32.1. The largest absolute Gasteiger partial charge is 0.463 e. The van der Waals surface area contributed by atoms with E-state index in [1.165, 1.54) is 19.3 Å². The quantitative estimate of drug-likeness (QED) is 0.281. The molecule has 0 aliphatic carbocycles. The molecule has 1 unspecified atom stereocenters. The Hall–Kier alpha value is -2.41. The smallest absolute Gasteiger partial charge is 0.338 e. The van der Waals surface area contributed by atoms with Gasteiger partial charge in [-0.05, 0) is 57.1 Å². The third kappa shape index (κ3) is 6.79. The Morgan fingerprint density at radius 1 is 1.10 bits per heavy atom. The lowest BCUT2D eigenvalue weighted by Gasteiger charge is -2.37. The second-order valence-corrected chi connectivity index (χ2v) is 8.07. The molecule has 2 rings (SSSR count). The SMILES string of the molecule is CCCCCCCC(=O)Nc1ccc(C2NC(=S)N(CC)C(C)=C2C(=O)OCC)cc1. The fraction of sp³-hybridized carbons (Fsp3) is 0.542. The van der Waals surface area contributed by atoms with Crippen molar-refractivity contribution >= 4 is 34.9 Å². The molecular weight excluding hydrogens is 410 g/mol. The maximum Gasteiger partial charge on any atom is 0.338 e. The molecule has 31 heavy (non-hydrogen) atoms. The maximum absolute atomic E-state index is 12.7. The zero-order valence-electron chi connectivity index (χ0n) is 19.1. The van der Waals surface area contributed by atoms with E-state index >= 15 is 0 Å². The Morgan fingerprint density at radius 3 is 2.39 bits per heavy atom. The lowest BCUT2D eigenvalue weighted by Crippen LogP contribution is -2.47. The first-order valence-corrected chi connectivity index (χ1v) is 11.7. The van der Waals surface area contributed by atoms with Crippen LogP contribution in [0.4, 0.5) is 5.69 Å². The summed E-state index contributed by atoms with van der Waals surface area (Å²) in [5, 5.41) is 6.81. The predicted octanol–water partition coefficient (Wildman–Crippen LogP) is 5.07. The summed E-state index contributed by atoms with van der Waals surface area (Å²) in [4.78, 5) is 26.8. The van der Waals surface area contributed by atoms with Crippen LogP contribution < -0.4 is 10.6 Å². The van der Waals surface area contributed by atoms with E-state index in [0.29, 0.717) is 30.3 Å². The molecule has 1 heterocycles. The number of ether oxygens (including phenoxy) is 1. The van der Waals surface area contributed by atoms with Gasteiger partial charge in [0.25, 0.3) is 0 Å². The van der Waals surface area contributed by atoms with Crippen LogP contribution in [0.1, 0.15) is 77.8 Å². The van der Waals surface area contributed by atoms with Gasteiger partial charge in [0.15, 0.2) is 5.11 Å². The molecule has 6 nitrogen and oxygen atoms in total. The first-order chi connectivity index (χ1) is 14.9. The highest BCUT2D eigenvalue weighted by Gasteiger charge is 2.34. The minimum Gasteiger partial charge on any atom is -0.463 e. The highest BCUT2D eigenvalue weighted by molar-refractivity contribution is 7.80. The number of allylic oxidation sites excluding steroid dienone is 1. The zero-order valence-corrected chi connectivity index (χ0v) is 19.9. The van der Waals surface area contributed by atoms with E-state index in [1.807, 2.05) is 43.0 Å². The van der Waals surface area contributed by atoms with Gasteiger partial charge < -0.3 is 20.3 Å². The van der Waals surface area contributed by atoms with E-state index in [2.05, 4.69) is 17.6 Å². The normalized spacial score (nSPS) is 16.2. The molecule has 1 aliphatic heterocycles. The number of nitrogens with one attached hydrogen (secondary N) is 2. The summed E-state index contributed by atoms with van der Waals surface area (Å²) in [5.74, 6) is -0.318. The van der Waals surface area contributed by atoms with Gasteiger partial charge in [-0.1, -0.05) is 44.7 Å². The van der Waals surface area contributed by atoms with Crippen molar-refractivity contribution in [3.05, 3.63) is 41.1 Å². The number of anilines is 1. The van der Waals surface area contributed by atoms with Gasteiger partial charge >= 0.3 is 5.97 Å². The molecule has 0 spiro atoms. The van der Waals surface area contributed by atoms with Gasteiger partial charge in [-0.25, -0.2) is 4.79 Å². The summed E-state index contributed by atoms with van der Waals surface area (Å²) in [7, 11) is 0. The van der Waals surface area contributed by atoms with Crippen LogP contribution in [-0.4, -0.2) is 35.0 Å². The molecule has 0 fully saturated rings. The van der Waals surface area contributed by atoms with Crippen LogP contribution >= 0.6 is 12.2 Å². The van der Waals surface area contributed by atoms with Gasteiger partial charge in [0, 0.05) is 24.4 Å². The number of carbonyl (C=O) groups is 2. The third-order valence-electron chi connectivity index (χ3n) is 5.44. The lowest BCUT2D eigenvalue weighted by molar-refractivity contribution is -0.139. The molecule has 1 atom stereocenters. The molecule has 2 N–H and O–H groups in total. The molecule has 1 aliphatic rings. The van der Waals surface area contributed by atoms with Crippen molar-refractivity contribution in [3.63, 3.8) is 0 Å². The van der Waals surface area contributed by atoms with Crippen molar-refractivity contribution in [2.45, 2.75) is 72.3 Å². The van der Waals surface area contributed by atoms with Crippen molar-refractivity contribution in [3.8, 4) is 0 Å². The van der Waals surface area contributed by atoms with Crippen molar-refractivity contribution in [2.75, 3.05) is 18.5 Å². The number of rotatable bonds is 11. The Kier molecular flexibility index (Phi) is 9.98.